The van der Waals surface area contributed by atoms with Gasteiger partial charge in [-0.2, -0.15) is 0 Å². The average molecular weight is 427 g/mol. The summed E-state index contributed by atoms with van der Waals surface area (Å²) in [5, 5.41) is 0. The Morgan fingerprint density at radius 3 is 1.65 bits per heavy atom. The molecule has 4 heteroatoms. The minimum absolute atomic E-state index is 0.245. The number of hydrogen-bond donors (Lipinski definition) is 0. The lowest BCUT2D eigenvalue weighted by Gasteiger charge is -2.30. The summed E-state index contributed by atoms with van der Waals surface area (Å²) < 4.78 is 17.3. The Bertz CT molecular complexity index is 916. The summed E-state index contributed by atoms with van der Waals surface area (Å²) in [7, 11) is 3.28. The molecule has 170 valence electrons. The zero-order valence-electron chi connectivity index (χ0n) is 21.0. The van der Waals surface area contributed by atoms with E-state index in [4.69, 9.17) is 14.2 Å². The lowest BCUT2D eigenvalue weighted by molar-refractivity contribution is 0.0725. The summed E-state index contributed by atoms with van der Waals surface area (Å²) >= 11 is 0. The third kappa shape index (κ3) is 5.41. The van der Waals surface area contributed by atoms with E-state index in [-0.39, 0.29) is 22.2 Å². The maximum atomic E-state index is 13.6. The molecule has 0 saturated carbocycles. The van der Waals surface area contributed by atoms with Gasteiger partial charge in [0.1, 0.15) is 17.2 Å². The summed E-state index contributed by atoms with van der Waals surface area (Å²) in [5.74, 6) is 1.66. The molecule has 0 aliphatic rings. The molecule has 2 rings (SSSR count). The SMILES string of the molecule is COc1cc(C(C)(C)C)c(OC(=O)c2cccc(OC)c2C(C)(C)C)c(C(C)(C)C)c1. The van der Waals surface area contributed by atoms with Crippen LogP contribution in [0.2, 0.25) is 0 Å². The first-order valence-electron chi connectivity index (χ1n) is 10.7. The lowest BCUT2D eigenvalue weighted by atomic mass is 9.79. The molecule has 0 fully saturated rings. The maximum absolute atomic E-state index is 13.6. The zero-order valence-corrected chi connectivity index (χ0v) is 21.0. The number of carbonyl (C=O) groups is 1. The fourth-order valence-corrected chi connectivity index (χ4v) is 3.74. The van der Waals surface area contributed by atoms with Crippen LogP contribution in [-0.2, 0) is 16.2 Å². The van der Waals surface area contributed by atoms with Crippen molar-refractivity contribution in [2.45, 2.75) is 78.6 Å². The lowest BCUT2D eigenvalue weighted by Crippen LogP contribution is -2.24. The molecule has 31 heavy (non-hydrogen) atoms. The van der Waals surface area contributed by atoms with Crippen LogP contribution in [0.4, 0.5) is 0 Å². The largest absolute Gasteiger partial charge is 0.497 e. The van der Waals surface area contributed by atoms with Gasteiger partial charge in [-0.15, -0.1) is 0 Å². The standard InChI is InChI=1S/C27H38O4/c1-25(2,3)19-15-17(29-10)16-20(26(4,5)6)23(19)31-24(28)18-13-12-14-21(30-11)22(18)27(7,8)9/h12-16H,1-11H3. The maximum Gasteiger partial charge on any atom is 0.343 e. The van der Waals surface area contributed by atoms with E-state index < -0.39 is 0 Å². The minimum atomic E-state index is -0.384. The van der Waals surface area contributed by atoms with Gasteiger partial charge in [0.05, 0.1) is 19.8 Å². The number of benzene rings is 2. The van der Waals surface area contributed by atoms with Gasteiger partial charge >= 0.3 is 5.97 Å². The van der Waals surface area contributed by atoms with Crippen LogP contribution in [0.3, 0.4) is 0 Å². The average Bonchev–Trinajstić information content (AvgIpc) is 2.64. The van der Waals surface area contributed by atoms with Crippen LogP contribution in [0.1, 0.15) is 89.4 Å². The van der Waals surface area contributed by atoms with Crippen molar-refractivity contribution in [1.29, 1.82) is 0 Å². The van der Waals surface area contributed by atoms with Gasteiger partial charge in [0, 0.05) is 16.7 Å². The second-order valence-corrected chi connectivity index (χ2v) is 11.1. The number of hydrogen-bond acceptors (Lipinski definition) is 4. The fourth-order valence-electron chi connectivity index (χ4n) is 3.74. The van der Waals surface area contributed by atoms with E-state index in [9.17, 15) is 4.79 Å². The number of esters is 1. The van der Waals surface area contributed by atoms with E-state index in [0.29, 0.717) is 17.1 Å². The van der Waals surface area contributed by atoms with Crippen molar-refractivity contribution in [3.8, 4) is 17.2 Å². The first kappa shape index (κ1) is 24.8. The Hall–Kier alpha value is -2.49. The first-order valence-corrected chi connectivity index (χ1v) is 10.7. The molecule has 0 aromatic heterocycles. The second kappa shape index (κ2) is 8.57. The van der Waals surface area contributed by atoms with E-state index in [1.165, 1.54) is 0 Å². The Morgan fingerprint density at radius 2 is 1.26 bits per heavy atom. The summed E-state index contributed by atoms with van der Waals surface area (Å²) in [6.45, 7) is 18.8. The summed E-state index contributed by atoms with van der Waals surface area (Å²) in [5.41, 5.74) is 2.45. The normalized spacial score (nSPS) is 12.5. The van der Waals surface area contributed by atoms with Crippen molar-refractivity contribution in [2.24, 2.45) is 0 Å². The van der Waals surface area contributed by atoms with E-state index in [0.717, 1.165) is 22.4 Å². The molecular formula is C27H38O4. The van der Waals surface area contributed by atoms with Crippen molar-refractivity contribution in [1.82, 2.24) is 0 Å². The highest BCUT2D eigenvalue weighted by molar-refractivity contribution is 5.94. The van der Waals surface area contributed by atoms with Gasteiger partial charge in [0.2, 0.25) is 0 Å². The molecule has 4 nitrogen and oxygen atoms in total. The van der Waals surface area contributed by atoms with Gasteiger partial charge < -0.3 is 14.2 Å². The van der Waals surface area contributed by atoms with Gasteiger partial charge in [-0.25, -0.2) is 4.79 Å². The van der Waals surface area contributed by atoms with Crippen molar-refractivity contribution in [3.63, 3.8) is 0 Å². The van der Waals surface area contributed by atoms with E-state index in [2.05, 4.69) is 62.3 Å². The van der Waals surface area contributed by atoms with Crippen molar-refractivity contribution >= 4 is 5.97 Å². The molecule has 2 aromatic rings. The van der Waals surface area contributed by atoms with Crippen LogP contribution in [0.25, 0.3) is 0 Å². The molecule has 0 aliphatic carbocycles. The van der Waals surface area contributed by atoms with Crippen LogP contribution < -0.4 is 14.2 Å². The molecule has 2 aromatic carbocycles. The summed E-state index contributed by atoms with van der Waals surface area (Å²) in [6, 6.07) is 9.45. The van der Waals surface area contributed by atoms with Gasteiger partial charge in [-0.1, -0.05) is 68.4 Å². The Balaban J connectivity index is 2.74. The molecule has 0 radical (unpaired) electrons. The van der Waals surface area contributed by atoms with Crippen LogP contribution in [0, 0.1) is 0 Å². The van der Waals surface area contributed by atoms with E-state index >= 15 is 0 Å². The van der Waals surface area contributed by atoms with Crippen molar-refractivity contribution in [3.05, 3.63) is 52.6 Å². The predicted octanol–water partition coefficient (Wildman–Crippen LogP) is 6.82. The number of rotatable bonds is 4. The smallest absolute Gasteiger partial charge is 0.343 e. The molecule has 0 saturated heterocycles. The molecule has 0 unspecified atom stereocenters. The third-order valence-corrected chi connectivity index (χ3v) is 5.32. The molecular weight excluding hydrogens is 388 g/mol. The minimum Gasteiger partial charge on any atom is -0.497 e. The molecule has 0 spiro atoms. The molecule has 0 aliphatic heterocycles. The Kier molecular flexibility index (Phi) is 6.85. The number of methoxy groups -OCH3 is 2. The van der Waals surface area contributed by atoms with Gasteiger partial charge in [-0.3, -0.25) is 0 Å². The highest BCUT2D eigenvalue weighted by Crippen LogP contribution is 2.43. The third-order valence-electron chi connectivity index (χ3n) is 5.32. The van der Waals surface area contributed by atoms with Crippen molar-refractivity contribution in [2.75, 3.05) is 14.2 Å². The van der Waals surface area contributed by atoms with Crippen LogP contribution >= 0.6 is 0 Å². The fraction of sp³-hybridized carbons (Fsp3) is 0.519. The van der Waals surface area contributed by atoms with Crippen LogP contribution in [0.5, 0.6) is 17.2 Å². The van der Waals surface area contributed by atoms with Gasteiger partial charge in [-0.05, 0) is 40.5 Å². The van der Waals surface area contributed by atoms with Crippen LogP contribution in [0.15, 0.2) is 30.3 Å². The zero-order chi connectivity index (χ0) is 23.8. The monoisotopic (exact) mass is 426 g/mol. The van der Waals surface area contributed by atoms with Gasteiger partial charge in [0.25, 0.3) is 0 Å². The Labute approximate surface area is 187 Å². The van der Waals surface area contributed by atoms with Crippen molar-refractivity contribution < 1.29 is 19.0 Å². The topological polar surface area (TPSA) is 44.8 Å². The quantitative estimate of drug-likeness (QED) is 0.398. The number of ether oxygens (including phenoxy) is 3. The molecule has 0 N–H and O–H groups in total. The highest BCUT2D eigenvalue weighted by atomic mass is 16.5. The highest BCUT2D eigenvalue weighted by Gasteiger charge is 2.32. The Morgan fingerprint density at radius 1 is 0.742 bits per heavy atom. The molecule has 0 atom stereocenters. The summed E-state index contributed by atoms with van der Waals surface area (Å²) in [4.78, 5) is 13.6. The molecule has 0 amide bonds. The molecule has 0 heterocycles. The molecule has 0 bridgehead atoms. The first-order chi connectivity index (χ1) is 14.1. The number of carbonyl (C=O) groups excluding carboxylic acids is 1. The van der Waals surface area contributed by atoms with E-state index in [1.807, 2.05) is 30.3 Å². The summed E-state index contributed by atoms with van der Waals surface area (Å²) in [6.07, 6.45) is 0. The second-order valence-electron chi connectivity index (χ2n) is 11.1. The van der Waals surface area contributed by atoms with Gasteiger partial charge in [0.15, 0.2) is 0 Å². The van der Waals surface area contributed by atoms with Crippen LogP contribution in [-0.4, -0.2) is 20.2 Å². The predicted molar refractivity (Wildman–Crippen MR) is 127 cm³/mol. The van der Waals surface area contributed by atoms with E-state index in [1.54, 1.807) is 14.2 Å².